The van der Waals surface area contributed by atoms with E-state index >= 15 is 0 Å². The molecule has 1 unspecified atom stereocenters. The summed E-state index contributed by atoms with van der Waals surface area (Å²) in [7, 11) is 0. The van der Waals surface area contributed by atoms with Gasteiger partial charge in [-0.25, -0.2) is 0 Å². The lowest BCUT2D eigenvalue weighted by Crippen LogP contribution is -2.02. The van der Waals surface area contributed by atoms with E-state index in [1.165, 1.54) is 154 Å². The van der Waals surface area contributed by atoms with Gasteiger partial charge in [0.05, 0.1) is 6.42 Å². The summed E-state index contributed by atoms with van der Waals surface area (Å²) in [5.74, 6) is 0.934. The molecule has 0 bridgehead atoms. The van der Waals surface area contributed by atoms with Gasteiger partial charge in [0.2, 0.25) is 6.17 Å². The fraction of sp³-hybridized carbons (Fsp3) is 0.903. The lowest BCUT2D eigenvalue weighted by Gasteiger charge is -2.17. The van der Waals surface area contributed by atoms with Crippen molar-refractivity contribution in [3.8, 4) is 0 Å². The van der Waals surface area contributed by atoms with Crippen molar-refractivity contribution in [2.24, 2.45) is 15.9 Å². The zero-order valence-electron chi connectivity index (χ0n) is 22.8. The molecule has 0 spiro atoms. The van der Waals surface area contributed by atoms with Crippen LogP contribution in [-0.4, -0.2) is 12.4 Å². The molecule has 0 aromatic heterocycles. The monoisotopic (exact) mass is 459 g/mol. The Bertz CT molecular complexity index is 430. The Morgan fingerprint density at radius 2 is 0.788 bits per heavy atom. The molecule has 2 nitrogen and oxygen atoms in total. The van der Waals surface area contributed by atoms with Crippen LogP contribution >= 0.6 is 0 Å². The van der Waals surface area contributed by atoms with Crippen molar-refractivity contribution in [3.63, 3.8) is 0 Å². The second-order valence-corrected chi connectivity index (χ2v) is 10.7. The molecule has 0 radical (unpaired) electrons. The van der Waals surface area contributed by atoms with Crippen molar-refractivity contribution in [2.45, 2.75) is 174 Å². The number of nitrogens with zero attached hydrogens (tertiary/aromatic N) is 2. The minimum atomic E-state index is 0.934. The lowest BCUT2D eigenvalue weighted by molar-refractivity contribution is 0.369. The van der Waals surface area contributed by atoms with Crippen LogP contribution in [0.3, 0.4) is 0 Å². The Hall–Kier alpha value is -0.790. The summed E-state index contributed by atoms with van der Waals surface area (Å²) in [6.07, 6.45) is 40.3. The Morgan fingerprint density at radius 1 is 0.455 bits per heavy atom. The average Bonchev–Trinajstić information content (AvgIpc) is 3.34. The molecule has 1 aliphatic rings. The second-order valence-electron chi connectivity index (χ2n) is 10.7. The van der Waals surface area contributed by atoms with Crippen LogP contribution in [0.4, 0.5) is 0 Å². The van der Waals surface area contributed by atoms with Crippen molar-refractivity contribution in [1.29, 1.82) is 0 Å². The molecule has 192 valence electrons. The molecule has 0 N–H and O–H groups in total. The third-order valence-corrected chi connectivity index (χ3v) is 7.46. The van der Waals surface area contributed by atoms with Crippen LogP contribution in [0.15, 0.2) is 9.98 Å². The fourth-order valence-corrected chi connectivity index (χ4v) is 5.22. The largest absolute Gasteiger partial charge is 0.240 e. The van der Waals surface area contributed by atoms with Crippen LogP contribution in [0, 0.1) is 12.1 Å². The third kappa shape index (κ3) is 20.3. The minimum absolute atomic E-state index is 0.934. The van der Waals surface area contributed by atoms with Gasteiger partial charge in [0.1, 0.15) is 0 Å². The van der Waals surface area contributed by atoms with Crippen molar-refractivity contribution < 1.29 is 0 Å². The maximum atomic E-state index is 4.35. The lowest BCUT2D eigenvalue weighted by atomic mass is 9.89. The summed E-state index contributed by atoms with van der Waals surface area (Å²) in [4.78, 5) is 8.70. The molecule has 1 rings (SSSR count). The van der Waals surface area contributed by atoms with Crippen LogP contribution in [0.25, 0.3) is 0 Å². The maximum Gasteiger partial charge on any atom is 0.240 e. The van der Waals surface area contributed by atoms with E-state index in [4.69, 9.17) is 0 Å². The first-order chi connectivity index (χ1) is 16.4. The molecule has 33 heavy (non-hydrogen) atoms. The summed E-state index contributed by atoms with van der Waals surface area (Å²) in [5.41, 5.74) is 0. The number of hydrogen-bond donors (Lipinski definition) is 0. The van der Waals surface area contributed by atoms with E-state index in [0.29, 0.717) is 0 Å². The summed E-state index contributed by atoms with van der Waals surface area (Å²) in [5, 5.41) is 0. The fourth-order valence-electron chi connectivity index (χ4n) is 5.22. The molecule has 0 fully saturated rings. The van der Waals surface area contributed by atoms with Gasteiger partial charge >= 0.3 is 0 Å². The zero-order valence-corrected chi connectivity index (χ0v) is 22.8. The molecule has 0 aromatic rings. The first kappa shape index (κ1) is 30.2. The molecule has 0 saturated carbocycles. The van der Waals surface area contributed by atoms with E-state index in [9.17, 15) is 0 Å². The summed E-state index contributed by atoms with van der Waals surface area (Å²) >= 11 is 0. The first-order valence-electron chi connectivity index (χ1n) is 15.3. The van der Waals surface area contributed by atoms with Crippen molar-refractivity contribution >= 4 is 12.4 Å². The molecule has 0 amide bonds. The number of rotatable bonds is 26. The molecular formula is C31H59N2+. The average molecular weight is 460 g/mol. The second kappa shape index (κ2) is 24.3. The minimum Gasteiger partial charge on any atom is -0.0968 e. The molecule has 0 aliphatic carbocycles. The Morgan fingerprint density at radius 3 is 1.18 bits per heavy atom. The topological polar surface area (TPSA) is 24.7 Å². The predicted molar refractivity (Wildman–Crippen MR) is 150 cm³/mol. The summed E-state index contributed by atoms with van der Waals surface area (Å²) < 4.78 is 0. The van der Waals surface area contributed by atoms with Crippen LogP contribution in [-0.2, 0) is 0 Å². The van der Waals surface area contributed by atoms with E-state index in [1.807, 2.05) is 12.4 Å². The van der Waals surface area contributed by atoms with Gasteiger partial charge in [-0.2, -0.15) is 0 Å². The standard InChI is InChI=1S/C31H59N2/c1-3-5-7-9-11-12-13-14-15-16-18-20-22-25-30(24-21-19-17-10-8-6-4-2)26-23-27-31-32-28-29-33-31/h28-30H,3-27H2,1-2H3/q+1. The molecule has 0 saturated heterocycles. The van der Waals surface area contributed by atoms with E-state index < -0.39 is 0 Å². The number of hydrogen-bond acceptors (Lipinski definition) is 2. The SMILES string of the molecule is CCCCCCCCCCCCCCCC(CCCCCCCCC)CCC[C+]1N=CC=N1. The molecule has 1 heterocycles. The maximum absolute atomic E-state index is 4.35. The van der Waals surface area contributed by atoms with E-state index in [2.05, 4.69) is 23.8 Å². The van der Waals surface area contributed by atoms with Crippen LogP contribution < -0.4 is 0 Å². The molecule has 1 atom stereocenters. The normalized spacial score (nSPS) is 13.9. The van der Waals surface area contributed by atoms with Gasteiger partial charge in [0.15, 0.2) is 12.4 Å². The van der Waals surface area contributed by atoms with Crippen molar-refractivity contribution in [2.75, 3.05) is 0 Å². The van der Waals surface area contributed by atoms with Crippen LogP contribution in [0.2, 0.25) is 0 Å². The van der Waals surface area contributed by atoms with Gasteiger partial charge in [-0.15, -0.1) is 0 Å². The van der Waals surface area contributed by atoms with Crippen LogP contribution in [0.1, 0.15) is 174 Å². The van der Waals surface area contributed by atoms with Crippen LogP contribution in [0.5, 0.6) is 0 Å². The Kier molecular flexibility index (Phi) is 22.3. The highest BCUT2D eigenvalue weighted by molar-refractivity contribution is 6.18. The summed E-state index contributed by atoms with van der Waals surface area (Å²) in [6, 6.07) is 0. The van der Waals surface area contributed by atoms with E-state index in [0.717, 1.165) is 18.5 Å². The molecule has 0 aromatic carbocycles. The zero-order chi connectivity index (χ0) is 23.7. The van der Waals surface area contributed by atoms with Crippen molar-refractivity contribution in [1.82, 2.24) is 0 Å². The Labute approximate surface area is 208 Å². The van der Waals surface area contributed by atoms with Gasteiger partial charge in [-0.1, -0.05) is 165 Å². The van der Waals surface area contributed by atoms with Gasteiger partial charge in [0.25, 0.3) is 0 Å². The van der Waals surface area contributed by atoms with E-state index in [1.54, 1.807) is 0 Å². The molecule has 2 heteroatoms. The third-order valence-electron chi connectivity index (χ3n) is 7.46. The smallest absolute Gasteiger partial charge is 0.0968 e. The van der Waals surface area contributed by atoms with Gasteiger partial charge in [0, 0.05) is 0 Å². The number of unbranched alkanes of at least 4 members (excludes halogenated alkanes) is 18. The Balaban J connectivity index is 2.02. The predicted octanol–water partition coefficient (Wildman–Crippen LogP) is 11.0. The molecule has 1 aliphatic heterocycles. The number of aliphatic imine (C=N–C) groups is 2. The quantitative estimate of drug-likeness (QED) is 0.0907. The van der Waals surface area contributed by atoms with Gasteiger partial charge in [-0.3, -0.25) is 0 Å². The molecular weight excluding hydrogens is 400 g/mol. The van der Waals surface area contributed by atoms with Crippen molar-refractivity contribution in [3.05, 3.63) is 6.17 Å². The highest BCUT2D eigenvalue weighted by atomic mass is 15.0. The highest BCUT2D eigenvalue weighted by Gasteiger charge is 2.17. The van der Waals surface area contributed by atoms with Gasteiger partial charge < -0.3 is 0 Å². The highest BCUT2D eigenvalue weighted by Crippen LogP contribution is 2.26. The van der Waals surface area contributed by atoms with Gasteiger partial charge in [-0.05, 0) is 18.8 Å². The summed E-state index contributed by atoms with van der Waals surface area (Å²) in [6.45, 7) is 4.61. The van der Waals surface area contributed by atoms with E-state index in [-0.39, 0.29) is 0 Å². The first-order valence-corrected chi connectivity index (χ1v) is 15.3.